The van der Waals surface area contributed by atoms with Gasteiger partial charge in [-0.2, -0.15) is 0 Å². The first-order valence-corrected chi connectivity index (χ1v) is 9.94. The summed E-state index contributed by atoms with van der Waals surface area (Å²) in [6, 6.07) is 11.0. The summed E-state index contributed by atoms with van der Waals surface area (Å²) in [4.78, 5) is 37.4. The Morgan fingerprint density at radius 3 is 2.40 bits per heavy atom. The number of nitrogens with one attached hydrogen (secondary N) is 2. The van der Waals surface area contributed by atoms with Gasteiger partial charge in [0.1, 0.15) is 0 Å². The Bertz CT molecular complexity index is 867. The summed E-state index contributed by atoms with van der Waals surface area (Å²) in [5.41, 5.74) is 6.34. The van der Waals surface area contributed by atoms with Crippen LogP contribution in [0.2, 0.25) is 0 Å². The first kappa shape index (κ1) is 21.2. The Labute approximate surface area is 174 Å². The van der Waals surface area contributed by atoms with Crippen LogP contribution >= 0.6 is 0 Å². The molecule has 1 saturated heterocycles. The maximum absolute atomic E-state index is 11.8. The highest BCUT2D eigenvalue weighted by Gasteiger charge is 2.11. The maximum atomic E-state index is 11.8. The fourth-order valence-electron chi connectivity index (χ4n) is 3.11. The lowest BCUT2D eigenvalue weighted by atomic mass is 10.1. The van der Waals surface area contributed by atoms with E-state index in [4.69, 9.17) is 9.15 Å². The van der Waals surface area contributed by atoms with Crippen LogP contribution in [-0.4, -0.2) is 37.5 Å². The smallest absolute Gasteiger partial charge is 0.331 e. The summed E-state index contributed by atoms with van der Waals surface area (Å²) in [5.74, 6) is -1.88. The van der Waals surface area contributed by atoms with Crippen LogP contribution in [0, 0.1) is 0 Å². The zero-order chi connectivity index (χ0) is 21.2. The number of furan rings is 1. The molecule has 0 aliphatic carbocycles. The average molecular weight is 411 g/mol. The second-order valence-corrected chi connectivity index (χ2v) is 6.91. The normalized spacial score (nSPS) is 14.2. The molecule has 0 spiro atoms. The van der Waals surface area contributed by atoms with Gasteiger partial charge in [0.05, 0.1) is 6.26 Å². The zero-order valence-electron chi connectivity index (χ0n) is 16.6. The molecule has 0 unspecified atom stereocenters. The summed E-state index contributed by atoms with van der Waals surface area (Å²) < 4.78 is 9.75. The number of benzene rings is 1. The summed E-state index contributed by atoms with van der Waals surface area (Å²) >= 11 is 0. The van der Waals surface area contributed by atoms with Crippen LogP contribution in [0.3, 0.4) is 0 Å². The van der Waals surface area contributed by atoms with Crippen molar-refractivity contribution in [1.82, 2.24) is 10.9 Å². The van der Waals surface area contributed by atoms with E-state index in [1.165, 1.54) is 49.8 Å². The number of anilines is 1. The van der Waals surface area contributed by atoms with Gasteiger partial charge in [-0.05, 0) is 48.7 Å². The van der Waals surface area contributed by atoms with Crippen molar-refractivity contribution in [3.05, 3.63) is 60.1 Å². The third-order valence-corrected chi connectivity index (χ3v) is 4.68. The molecule has 2 aromatic rings. The summed E-state index contributed by atoms with van der Waals surface area (Å²) in [6.07, 6.45) is 9.23. The molecule has 0 atom stereocenters. The van der Waals surface area contributed by atoms with Crippen molar-refractivity contribution in [2.45, 2.75) is 25.7 Å². The molecule has 8 nitrogen and oxygen atoms in total. The number of carbonyl (C=O) groups is 3. The molecular weight excluding hydrogens is 386 g/mol. The highest BCUT2D eigenvalue weighted by Crippen LogP contribution is 2.20. The summed E-state index contributed by atoms with van der Waals surface area (Å²) in [7, 11) is 0. The van der Waals surface area contributed by atoms with Crippen molar-refractivity contribution in [3.63, 3.8) is 0 Å². The van der Waals surface area contributed by atoms with Crippen molar-refractivity contribution in [3.8, 4) is 0 Å². The lowest BCUT2D eigenvalue weighted by Crippen LogP contribution is -2.43. The number of ether oxygens (including phenoxy) is 1. The van der Waals surface area contributed by atoms with Crippen LogP contribution in [0.1, 0.15) is 41.8 Å². The minimum absolute atomic E-state index is 0.0529. The van der Waals surface area contributed by atoms with Gasteiger partial charge in [-0.15, -0.1) is 0 Å². The molecule has 1 fully saturated rings. The molecule has 3 rings (SSSR count). The number of amides is 2. The first-order chi connectivity index (χ1) is 14.6. The van der Waals surface area contributed by atoms with E-state index in [9.17, 15) is 14.4 Å². The molecule has 0 radical (unpaired) electrons. The van der Waals surface area contributed by atoms with E-state index < -0.39 is 24.4 Å². The van der Waals surface area contributed by atoms with E-state index in [0.29, 0.717) is 0 Å². The van der Waals surface area contributed by atoms with Gasteiger partial charge in [0.2, 0.25) is 0 Å². The van der Waals surface area contributed by atoms with Crippen molar-refractivity contribution < 1.29 is 23.5 Å². The molecule has 2 amide bonds. The molecule has 30 heavy (non-hydrogen) atoms. The van der Waals surface area contributed by atoms with Crippen LogP contribution in [0.15, 0.2) is 53.2 Å². The number of rotatable bonds is 6. The highest BCUT2D eigenvalue weighted by atomic mass is 16.5. The quantitative estimate of drug-likeness (QED) is 0.431. The predicted octanol–water partition coefficient (Wildman–Crippen LogP) is 2.68. The van der Waals surface area contributed by atoms with E-state index >= 15 is 0 Å². The van der Waals surface area contributed by atoms with Crippen molar-refractivity contribution in [1.29, 1.82) is 0 Å². The Hall–Kier alpha value is -3.55. The van der Waals surface area contributed by atoms with Gasteiger partial charge in [-0.3, -0.25) is 20.4 Å². The van der Waals surface area contributed by atoms with Gasteiger partial charge in [0, 0.05) is 24.9 Å². The number of nitrogens with zero attached hydrogens (tertiary/aromatic N) is 1. The Morgan fingerprint density at radius 2 is 1.73 bits per heavy atom. The van der Waals surface area contributed by atoms with Gasteiger partial charge in [0.15, 0.2) is 12.4 Å². The predicted molar refractivity (Wildman–Crippen MR) is 111 cm³/mol. The van der Waals surface area contributed by atoms with Gasteiger partial charge < -0.3 is 14.1 Å². The molecule has 1 aliphatic rings. The van der Waals surface area contributed by atoms with Gasteiger partial charge >= 0.3 is 11.9 Å². The third kappa shape index (κ3) is 6.51. The fraction of sp³-hybridized carbons (Fsp3) is 0.318. The third-order valence-electron chi connectivity index (χ3n) is 4.68. The first-order valence-electron chi connectivity index (χ1n) is 9.94. The standard InChI is InChI=1S/C22H25N3O5/c26-20(23-24-22(28)19-6-5-15-29-19)16-30-21(27)12-9-17-7-10-18(11-8-17)25-13-3-1-2-4-14-25/h5-12,15H,1-4,13-14,16H2,(H,23,26)(H,24,28)/b12-9+. The van der Waals surface area contributed by atoms with E-state index in [0.717, 1.165) is 18.7 Å². The summed E-state index contributed by atoms with van der Waals surface area (Å²) in [6.45, 7) is 1.63. The van der Waals surface area contributed by atoms with Crippen LogP contribution in [-0.2, 0) is 14.3 Å². The number of hydrogen-bond donors (Lipinski definition) is 2. The lowest BCUT2D eigenvalue weighted by molar-refractivity contribution is -0.144. The maximum Gasteiger partial charge on any atom is 0.331 e. The van der Waals surface area contributed by atoms with Crippen molar-refractivity contribution in [2.75, 3.05) is 24.6 Å². The zero-order valence-corrected chi connectivity index (χ0v) is 16.6. The number of esters is 1. The summed E-state index contributed by atoms with van der Waals surface area (Å²) in [5, 5.41) is 0. The SMILES string of the molecule is O=C(COC(=O)/C=C/c1ccc(N2CCCCCC2)cc1)NNC(=O)c1ccco1. The molecule has 0 bridgehead atoms. The molecule has 8 heteroatoms. The molecule has 1 aromatic carbocycles. The van der Waals surface area contributed by atoms with Crippen LogP contribution < -0.4 is 15.8 Å². The van der Waals surface area contributed by atoms with E-state index in [-0.39, 0.29) is 5.76 Å². The van der Waals surface area contributed by atoms with Crippen molar-refractivity contribution in [2.24, 2.45) is 0 Å². The largest absolute Gasteiger partial charge is 0.459 e. The Morgan fingerprint density at radius 1 is 1.00 bits per heavy atom. The molecule has 2 heterocycles. The molecular formula is C22H25N3O5. The molecule has 1 aromatic heterocycles. The lowest BCUT2D eigenvalue weighted by Gasteiger charge is -2.22. The fourth-order valence-corrected chi connectivity index (χ4v) is 3.11. The van der Waals surface area contributed by atoms with Gasteiger partial charge in [0.25, 0.3) is 5.91 Å². The van der Waals surface area contributed by atoms with E-state index in [1.54, 1.807) is 12.1 Å². The second-order valence-electron chi connectivity index (χ2n) is 6.91. The van der Waals surface area contributed by atoms with E-state index in [1.807, 2.05) is 24.3 Å². The van der Waals surface area contributed by atoms with Crippen LogP contribution in [0.5, 0.6) is 0 Å². The number of hydrogen-bond acceptors (Lipinski definition) is 6. The molecule has 1 aliphatic heterocycles. The Kier molecular flexibility index (Phi) is 7.65. The van der Waals surface area contributed by atoms with Crippen molar-refractivity contribution >= 4 is 29.5 Å². The van der Waals surface area contributed by atoms with Gasteiger partial charge in [-0.1, -0.05) is 25.0 Å². The van der Waals surface area contributed by atoms with E-state index in [2.05, 4.69) is 15.8 Å². The molecule has 2 N–H and O–H groups in total. The molecule has 0 saturated carbocycles. The number of hydrazine groups is 1. The monoisotopic (exact) mass is 411 g/mol. The number of carbonyl (C=O) groups excluding carboxylic acids is 3. The highest BCUT2D eigenvalue weighted by molar-refractivity contribution is 5.93. The van der Waals surface area contributed by atoms with Crippen LogP contribution in [0.4, 0.5) is 5.69 Å². The topological polar surface area (TPSA) is 101 Å². The minimum atomic E-state index is -0.668. The average Bonchev–Trinajstić information content (AvgIpc) is 3.18. The second kappa shape index (κ2) is 10.8. The molecule has 158 valence electrons. The van der Waals surface area contributed by atoms with Gasteiger partial charge in [-0.25, -0.2) is 4.79 Å². The minimum Gasteiger partial charge on any atom is -0.459 e. The van der Waals surface area contributed by atoms with Crippen LogP contribution in [0.25, 0.3) is 6.08 Å². The Balaban J connectivity index is 1.39.